The van der Waals surface area contributed by atoms with Gasteiger partial charge >= 0.3 is 11.9 Å². The molecule has 0 aromatic heterocycles. The quantitative estimate of drug-likeness (QED) is 0.405. The van der Waals surface area contributed by atoms with Crippen LogP contribution in [0.2, 0.25) is 0 Å². The lowest BCUT2D eigenvalue weighted by Crippen LogP contribution is -2.61. The molecule has 4 rings (SSSR count). The van der Waals surface area contributed by atoms with Gasteiger partial charge in [-0.2, -0.15) is 0 Å². The Morgan fingerprint density at radius 1 is 0.974 bits per heavy atom. The molecule has 0 aliphatic heterocycles. The standard InChI is InChI=1S/C32H51NO6/c1-7-8-9-20-21-11-13-27-31(3)17-15-26(34)19(2)23(31)14-16-32(27,4)24(21)12-10-22(20)29(36)33-25(30(37)39-6)18-28(35)38-5/h19-25,27H,7-18H2,1-6H3,(H,33,36). The van der Waals surface area contributed by atoms with Crippen molar-refractivity contribution in [2.45, 2.75) is 111 Å². The highest BCUT2D eigenvalue weighted by molar-refractivity contribution is 5.89. The number of ketones is 1. The Morgan fingerprint density at radius 2 is 1.69 bits per heavy atom. The van der Waals surface area contributed by atoms with E-state index in [2.05, 4.69) is 33.0 Å². The van der Waals surface area contributed by atoms with Crippen molar-refractivity contribution >= 4 is 23.6 Å². The van der Waals surface area contributed by atoms with Crippen LogP contribution >= 0.6 is 0 Å². The van der Waals surface area contributed by atoms with E-state index in [1.165, 1.54) is 27.1 Å². The Balaban J connectivity index is 1.56. The van der Waals surface area contributed by atoms with Crippen molar-refractivity contribution in [1.29, 1.82) is 0 Å². The van der Waals surface area contributed by atoms with Gasteiger partial charge < -0.3 is 14.8 Å². The molecule has 10 atom stereocenters. The zero-order valence-corrected chi connectivity index (χ0v) is 25.1. The van der Waals surface area contributed by atoms with Crippen molar-refractivity contribution in [3.05, 3.63) is 0 Å². The number of unbranched alkanes of at least 4 members (excludes halogenated alkanes) is 1. The fraction of sp³-hybridized carbons (Fsp3) is 0.875. The van der Waals surface area contributed by atoms with Crippen LogP contribution in [-0.4, -0.2) is 43.9 Å². The lowest BCUT2D eigenvalue weighted by molar-refractivity contribution is -0.181. The maximum atomic E-state index is 13.7. The average Bonchev–Trinajstić information content (AvgIpc) is 2.92. The monoisotopic (exact) mass is 545 g/mol. The average molecular weight is 546 g/mol. The van der Waals surface area contributed by atoms with Crippen molar-refractivity contribution in [2.24, 2.45) is 52.3 Å². The number of carbonyl (C=O) groups excluding carboxylic acids is 4. The predicted molar refractivity (Wildman–Crippen MR) is 148 cm³/mol. The second kappa shape index (κ2) is 11.9. The molecule has 4 aliphatic rings. The van der Waals surface area contributed by atoms with Crippen molar-refractivity contribution in [3.63, 3.8) is 0 Å². The van der Waals surface area contributed by atoms with Crippen LogP contribution in [0.4, 0.5) is 0 Å². The third-order valence-electron chi connectivity index (χ3n) is 12.1. The summed E-state index contributed by atoms with van der Waals surface area (Å²) in [4.78, 5) is 50.6. The van der Waals surface area contributed by atoms with Crippen LogP contribution < -0.4 is 5.32 Å². The summed E-state index contributed by atoms with van der Waals surface area (Å²) in [5.41, 5.74) is 0.458. The molecule has 0 heterocycles. The van der Waals surface area contributed by atoms with E-state index in [4.69, 9.17) is 9.47 Å². The number of Topliss-reactive ketones (excluding diaryl/α,β-unsaturated/α-hetero) is 1. The summed E-state index contributed by atoms with van der Waals surface area (Å²) in [5, 5.41) is 2.88. The molecule has 4 aliphatic carbocycles. The first kappa shape index (κ1) is 30.0. The van der Waals surface area contributed by atoms with Gasteiger partial charge in [0.2, 0.25) is 5.91 Å². The molecule has 7 nitrogen and oxygen atoms in total. The molecule has 220 valence electrons. The molecule has 1 N–H and O–H groups in total. The second-order valence-corrected chi connectivity index (χ2v) is 13.7. The predicted octanol–water partition coefficient (Wildman–Crippen LogP) is 5.49. The summed E-state index contributed by atoms with van der Waals surface area (Å²) < 4.78 is 9.63. The second-order valence-electron chi connectivity index (χ2n) is 13.7. The normalized spacial score (nSPS) is 40.4. The SMILES string of the molecule is CCCCC1C(C(=O)NC(CC(=O)OC)C(=O)OC)CCC2C1CCC1C3(C)CCC(=O)C(C)C3CCC21C. The number of hydrogen-bond donors (Lipinski definition) is 1. The van der Waals surface area contributed by atoms with Crippen LogP contribution in [-0.2, 0) is 28.7 Å². The first-order valence-electron chi connectivity index (χ1n) is 15.5. The number of esters is 2. The Kier molecular flexibility index (Phi) is 9.17. The smallest absolute Gasteiger partial charge is 0.328 e. The molecule has 0 bridgehead atoms. The van der Waals surface area contributed by atoms with Crippen LogP contribution in [0.3, 0.4) is 0 Å². The van der Waals surface area contributed by atoms with Gasteiger partial charge in [-0.15, -0.1) is 0 Å². The summed E-state index contributed by atoms with van der Waals surface area (Å²) in [6, 6.07) is -1.03. The molecule has 4 saturated carbocycles. The van der Waals surface area contributed by atoms with Gasteiger partial charge in [0.1, 0.15) is 11.8 Å². The molecule has 7 heteroatoms. The Labute approximate surface area is 234 Å². The number of nitrogens with one attached hydrogen (secondary N) is 1. The highest BCUT2D eigenvalue weighted by Crippen LogP contribution is 2.69. The molecular formula is C32H51NO6. The minimum atomic E-state index is -1.03. The molecule has 10 unspecified atom stereocenters. The van der Waals surface area contributed by atoms with E-state index >= 15 is 0 Å². The minimum Gasteiger partial charge on any atom is -0.469 e. The van der Waals surface area contributed by atoms with Crippen molar-refractivity contribution in [1.82, 2.24) is 5.32 Å². The third-order valence-corrected chi connectivity index (χ3v) is 12.1. The highest BCUT2D eigenvalue weighted by Gasteiger charge is 2.63. The molecule has 39 heavy (non-hydrogen) atoms. The summed E-state index contributed by atoms with van der Waals surface area (Å²) >= 11 is 0. The van der Waals surface area contributed by atoms with Gasteiger partial charge in [-0.1, -0.05) is 40.5 Å². The van der Waals surface area contributed by atoms with E-state index in [1.807, 2.05) is 0 Å². The van der Waals surface area contributed by atoms with Crippen LogP contribution in [0, 0.1) is 52.3 Å². The number of hydrogen-bond acceptors (Lipinski definition) is 6. The van der Waals surface area contributed by atoms with E-state index in [0.29, 0.717) is 29.5 Å². The number of methoxy groups -OCH3 is 2. The van der Waals surface area contributed by atoms with E-state index in [-0.39, 0.29) is 40.9 Å². The fourth-order valence-electron chi connectivity index (χ4n) is 10.1. The molecular weight excluding hydrogens is 494 g/mol. The van der Waals surface area contributed by atoms with Crippen LogP contribution in [0.25, 0.3) is 0 Å². The number of ether oxygens (including phenoxy) is 2. The van der Waals surface area contributed by atoms with E-state index in [0.717, 1.165) is 57.8 Å². The topological polar surface area (TPSA) is 98.8 Å². The number of carbonyl (C=O) groups is 4. The first-order valence-corrected chi connectivity index (χ1v) is 15.5. The maximum absolute atomic E-state index is 13.7. The number of rotatable bonds is 8. The van der Waals surface area contributed by atoms with Crippen LogP contribution in [0.1, 0.15) is 105 Å². The van der Waals surface area contributed by atoms with Gasteiger partial charge in [-0.25, -0.2) is 4.79 Å². The first-order chi connectivity index (χ1) is 18.5. The molecule has 0 saturated heterocycles. The van der Waals surface area contributed by atoms with Gasteiger partial charge in [0, 0.05) is 18.3 Å². The molecule has 0 aromatic carbocycles. The summed E-state index contributed by atoms with van der Waals surface area (Å²) in [6.07, 6.45) is 11.2. The van der Waals surface area contributed by atoms with Gasteiger partial charge in [0.05, 0.1) is 20.6 Å². The van der Waals surface area contributed by atoms with Crippen LogP contribution in [0.15, 0.2) is 0 Å². The highest BCUT2D eigenvalue weighted by atomic mass is 16.5. The molecule has 0 radical (unpaired) electrons. The summed E-state index contributed by atoms with van der Waals surface area (Å²) in [5.74, 6) is 1.64. The van der Waals surface area contributed by atoms with Gasteiger partial charge in [-0.05, 0) is 91.8 Å². The minimum absolute atomic E-state index is 0.128. The molecule has 4 fully saturated rings. The van der Waals surface area contributed by atoms with Crippen molar-refractivity contribution in [3.8, 4) is 0 Å². The van der Waals surface area contributed by atoms with Gasteiger partial charge in [0.25, 0.3) is 0 Å². The largest absolute Gasteiger partial charge is 0.469 e. The fourth-order valence-corrected chi connectivity index (χ4v) is 10.1. The van der Waals surface area contributed by atoms with Crippen molar-refractivity contribution in [2.75, 3.05) is 14.2 Å². The van der Waals surface area contributed by atoms with Crippen LogP contribution in [0.5, 0.6) is 0 Å². The third kappa shape index (κ3) is 5.40. The zero-order chi connectivity index (χ0) is 28.5. The Bertz CT molecular complexity index is 949. The van der Waals surface area contributed by atoms with Gasteiger partial charge in [0.15, 0.2) is 0 Å². The number of fused-ring (bicyclic) bond motifs is 5. The molecule has 0 aromatic rings. The molecule has 1 amide bonds. The Morgan fingerprint density at radius 3 is 2.36 bits per heavy atom. The zero-order valence-electron chi connectivity index (χ0n) is 25.1. The van der Waals surface area contributed by atoms with E-state index < -0.39 is 18.0 Å². The maximum Gasteiger partial charge on any atom is 0.328 e. The summed E-state index contributed by atoms with van der Waals surface area (Å²) in [6.45, 7) is 9.40. The molecule has 0 spiro atoms. The lowest BCUT2D eigenvalue weighted by atomic mass is 9.38. The number of amides is 1. The van der Waals surface area contributed by atoms with Crippen molar-refractivity contribution < 1.29 is 28.7 Å². The van der Waals surface area contributed by atoms with E-state index in [1.54, 1.807) is 0 Å². The van der Waals surface area contributed by atoms with E-state index in [9.17, 15) is 19.2 Å². The summed E-state index contributed by atoms with van der Waals surface area (Å²) in [7, 11) is 2.54. The lowest BCUT2D eigenvalue weighted by Gasteiger charge is -2.66. The van der Waals surface area contributed by atoms with Gasteiger partial charge in [-0.3, -0.25) is 14.4 Å². The Hall–Kier alpha value is -1.92.